The smallest absolute Gasteiger partial charge is 0.374 e. The molecular formula is C16H31BN2O6. The molecule has 1 rings (SSSR count). The first kappa shape index (κ1) is 21.8. The summed E-state index contributed by atoms with van der Waals surface area (Å²) < 4.78 is 16.4. The van der Waals surface area contributed by atoms with Crippen LogP contribution in [0.2, 0.25) is 6.82 Å². The molecular weight excluding hydrogens is 327 g/mol. The molecule has 9 heteroatoms. The molecule has 1 fully saturated rings. The third kappa shape index (κ3) is 9.11. The molecule has 0 amide bonds. The van der Waals surface area contributed by atoms with Crippen molar-refractivity contribution in [3.8, 4) is 0 Å². The normalized spacial score (nSPS) is 21.0. The van der Waals surface area contributed by atoms with Crippen molar-refractivity contribution >= 4 is 13.0 Å². The molecule has 0 radical (unpaired) electrons. The molecule has 0 aromatic rings. The predicted molar refractivity (Wildman–Crippen MR) is 94.9 cm³/mol. The number of esters is 1. The highest BCUT2D eigenvalue weighted by Crippen LogP contribution is 2.22. The standard InChI is InChI=1S/C16H31BN2O6/c1-12(9-20)18-8-6-5-7-14(19-17(4)22)15(21)23-10-13-11-24-16(2,3)25-13/h9,13-14,18-20,22H,5-8,10-11H2,1-4H3/b12-9-. The molecule has 25 heavy (non-hydrogen) atoms. The van der Waals surface area contributed by atoms with E-state index < -0.39 is 24.8 Å². The Morgan fingerprint density at radius 3 is 2.76 bits per heavy atom. The van der Waals surface area contributed by atoms with Crippen LogP contribution in [-0.4, -0.2) is 60.8 Å². The number of ether oxygens (including phenoxy) is 3. The number of hydrogen-bond acceptors (Lipinski definition) is 8. The van der Waals surface area contributed by atoms with Gasteiger partial charge >= 0.3 is 13.0 Å². The SMILES string of the molecule is CB(O)NC(CCCCN/C(C)=C\O)C(=O)OCC1COC(C)(C)O1. The number of allylic oxidation sites excluding steroid dienone is 1. The molecule has 0 aromatic carbocycles. The Morgan fingerprint density at radius 2 is 2.20 bits per heavy atom. The van der Waals surface area contributed by atoms with E-state index in [1.807, 2.05) is 13.8 Å². The van der Waals surface area contributed by atoms with Gasteiger partial charge in [-0.15, -0.1) is 0 Å². The fourth-order valence-corrected chi connectivity index (χ4v) is 2.49. The van der Waals surface area contributed by atoms with E-state index in [4.69, 9.17) is 19.3 Å². The molecule has 2 atom stereocenters. The second kappa shape index (κ2) is 10.6. The van der Waals surface area contributed by atoms with Crippen molar-refractivity contribution in [2.75, 3.05) is 19.8 Å². The molecule has 0 aliphatic carbocycles. The van der Waals surface area contributed by atoms with Gasteiger partial charge in [-0.05, 0) is 46.9 Å². The van der Waals surface area contributed by atoms with E-state index in [0.717, 1.165) is 19.1 Å². The molecule has 1 aliphatic heterocycles. The molecule has 0 bridgehead atoms. The fraction of sp³-hybridized carbons (Fsp3) is 0.812. The highest BCUT2D eigenvalue weighted by molar-refractivity contribution is 6.46. The zero-order valence-electron chi connectivity index (χ0n) is 15.6. The van der Waals surface area contributed by atoms with Crippen LogP contribution in [0.4, 0.5) is 0 Å². The fourth-order valence-electron chi connectivity index (χ4n) is 2.49. The third-order valence-corrected chi connectivity index (χ3v) is 3.72. The van der Waals surface area contributed by atoms with Crippen LogP contribution in [0, 0.1) is 0 Å². The van der Waals surface area contributed by atoms with E-state index in [0.29, 0.717) is 25.3 Å². The summed E-state index contributed by atoms with van der Waals surface area (Å²) in [4.78, 5) is 12.3. The Balaban J connectivity index is 2.34. The van der Waals surface area contributed by atoms with Gasteiger partial charge in [-0.3, -0.25) is 4.79 Å². The van der Waals surface area contributed by atoms with Gasteiger partial charge in [-0.1, -0.05) is 0 Å². The number of carbonyl (C=O) groups is 1. The molecule has 0 saturated carbocycles. The van der Waals surface area contributed by atoms with Crippen LogP contribution >= 0.6 is 0 Å². The van der Waals surface area contributed by atoms with E-state index in [9.17, 15) is 9.82 Å². The van der Waals surface area contributed by atoms with E-state index >= 15 is 0 Å². The van der Waals surface area contributed by atoms with Gasteiger partial charge < -0.3 is 34.9 Å². The van der Waals surface area contributed by atoms with E-state index in [1.54, 1.807) is 13.7 Å². The first-order chi connectivity index (χ1) is 11.7. The summed E-state index contributed by atoms with van der Waals surface area (Å²) in [6.07, 6.45) is 2.88. The zero-order valence-corrected chi connectivity index (χ0v) is 15.6. The Morgan fingerprint density at radius 1 is 1.48 bits per heavy atom. The van der Waals surface area contributed by atoms with Gasteiger partial charge in [0, 0.05) is 12.2 Å². The van der Waals surface area contributed by atoms with Crippen LogP contribution in [0.15, 0.2) is 12.0 Å². The molecule has 8 nitrogen and oxygen atoms in total. The van der Waals surface area contributed by atoms with Gasteiger partial charge in [0.05, 0.1) is 18.9 Å². The summed E-state index contributed by atoms with van der Waals surface area (Å²) in [5, 5.41) is 24.2. The number of aliphatic hydroxyl groups excluding tert-OH is 1. The van der Waals surface area contributed by atoms with Gasteiger partial charge in [-0.2, -0.15) is 0 Å². The summed E-state index contributed by atoms with van der Waals surface area (Å²) in [5.41, 5.74) is 0.694. The average molecular weight is 358 g/mol. The second-order valence-electron chi connectivity index (χ2n) is 6.71. The highest BCUT2D eigenvalue weighted by atomic mass is 16.7. The van der Waals surface area contributed by atoms with Crippen molar-refractivity contribution in [3.63, 3.8) is 0 Å². The lowest BCUT2D eigenvalue weighted by Crippen LogP contribution is -2.46. The summed E-state index contributed by atoms with van der Waals surface area (Å²) in [6, 6.07) is -0.579. The first-order valence-corrected chi connectivity index (χ1v) is 8.71. The monoisotopic (exact) mass is 358 g/mol. The topological polar surface area (TPSA) is 109 Å². The van der Waals surface area contributed by atoms with Gasteiger partial charge in [0.15, 0.2) is 5.79 Å². The van der Waals surface area contributed by atoms with Crippen LogP contribution in [-0.2, 0) is 19.0 Å². The van der Waals surface area contributed by atoms with Crippen molar-refractivity contribution in [3.05, 3.63) is 12.0 Å². The molecule has 1 saturated heterocycles. The quantitative estimate of drug-likeness (QED) is 0.187. The van der Waals surface area contributed by atoms with Crippen LogP contribution in [0.3, 0.4) is 0 Å². The second-order valence-corrected chi connectivity index (χ2v) is 6.71. The van der Waals surface area contributed by atoms with Crippen molar-refractivity contribution in [2.24, 2.45) is 0 Å². The summed E-state index contributed by atoms with van der Waals surface area (Å²) >= 11 is 0. The third-order valence-electron chi connectivity index (χ3n) is 3.72. The van der Waals surface area contributed by atoms with Crippen molar-refractivity contribution in [1.29, 1.82) is 0 Å². The van der Waals surface area contributed by atoms with Crippen molar-refractivity contribution < 1.29 is 29.1 Å². The van der Waals surface area contributed by atoms with Gasteiger partial charge in [0.1, 0.15) is 12.7 Å². The maximum atomic E-state index is 12.3. The number of carbonyl (C=O) groups excluding carboxylic acids is 1. The van der Waals surface area contributed by atoms with Crippen LogP contribution in [0.1, 0.15) is 40.0 Å². The van der Waals surface area contributed by atoms with Crippen LogP contribution in [0.5, 0.6) is 0 Å². The van der Waals surface area contributed by atoms with Crippen LogP contribution in [0.25, 0.3) is 0 Å². The van der Waals surface area contributed by atoms with E-state index in [-0.39, 0.29) is 12.7 Å². The first-order valence-electron chi connectivity index (χ1n) is 8.71. The van der Waals surface area contributed by atoms with E-state index in [1.165, 1.54) is 0 Å². The van der Waals surface area contributed by atoms with Gasteiger partial charge in [0.2, 0.25) is 0 Å². The minimum Gasteiger partial charge on any atom is -0.514 e. The number of aliphatic hydroxyl groups is 1. The van der Waals surface area contributed by atoms with Gasteiger partial charge in [0.25, 0.3) is 0 Å². The summed E-state index contributed by atoms with van der Waals surface area (Å²) in [7, 11) is -0.805. The lowest BCUT2D eigenvalue weighted by Gasteiger charge is -2.20. The molecule has 0 aromatic heterocycles. The van der Waals surface area contributed by atoms with Crippen molar-refractivity contribution in [2.45, 2.75) is 64.8 Å². The number of unbranched alkanes of at least 4 members (excludes halogenated alkanes) is 1. The number of rotatable bonds is 11. The Hall–Kier alpha value is -1.29. The average Bonchev–Trinajstić information content (AvgIpc) is 2.89. The molecule has 1 heterocycles. The Kier molecular flexibility index (Phi) is 9.27. The van der Waals surface area contributed by atoms with Gasteiger partial charge in [-0.25, -0.2) is 0 Å². The maximum Gasteiger partial charge on any atom is 0.374 e. The molecule has 2 unspecified atom stereocenters. The lowest BCUT2D eigenvalue weighted by atomic mass is 9.86. The highest BCUT2D eigenvalue weighted by Gasteiger charge is 2.34. The van der Waals surface area contributed by atoms with Crippen molar-refractivity contribution in [1.82, 2.24) is 10.5 Å². The van der Waals surface area contributed by atoms with Crippen LogP contribution < -0.4 is 10.5 Å². The number of hydrogen-bond donors (Lipinski definition) is 4. The van der Waals surface area contributed by atoms with E-state index in [2.05, 4.69) is 10.5 Å². The molecule has 144 valence electrons. The summed E-state index contributed by atoms with van der Waals surface area (Å²) in [5.74, 6) is -1.06. The molecule has 4 N–H and O–H groups in total. The molecule has 0 spiro atoms. The maximum absolute atomic E-state index is 12.3. The Bertz CT molecular complexity index is 444. The minimum absolute atomic E-state index is 0.127. The predicted octanol–water partition coefficient (Wildman–Crippen LogP) is 0.929. The molecule has 1 aliphatic rings. The minimum atomic E-state index is -0.805. The Labute approximate surface area is 150 Å². The summed E-state index contributed by atoms with van der Waals surface area (Å²) in [6.45, 7) is 8.17. The largest absolute Gasteiger partial charge is 0.514 e. The number of nitrogens with one attached hydrogen (secondary N) is 2. The lowest BCUT2D eigenvalue weighted by molar-refractivity contribution is -0.159. The zero-order chi connectivity index (χ0) is 18.9.